The molecule has 0 bridgehead atoms. The van der Waals surface area contributed by atoms with Crippen molar-refractivity contribution in [1.82, 2.24) is 9.97 Å². The average molecular weight is 340 g/mol. The summed E-state index contributed by atoms with van der Waals surface area (Å²) in [4.78, 5) is 10.3. The first-order chi connectivity index (χ1) is 12.2. The van der Waals surface area contributed by atoms with Crippen LogP contribution in [0.1, 0.15) is 25.1 Å². The van der Waals surface area contributed by atoms with E-state index in [1.807, 2.05) is 30.3 Å². The molecule has 1 fully saturated rings. The van der Waals surface area contributed by atoms with Gasteiger partial charge in [0, 0.05) is 29.9 Å². The lowest BCUT2D eigenvalue weighted by atomic mass is 10.2. The standard InChI is InChI=1S/C19H18F2N4/c20-17(21)19-23-16-9-2-1-8-15(16)18(24-19)22-13-6-5-7-14(12-13)25-10-3-4-11-25/h1-2,5-9,12,17H,3-4,10-11H2,(H,22,23,24). The van der Waals surface area contributed by atoms with Crippen molar-refractivity contribution in [3.05, 3.63) is 54.4 Å². The molecule has 0 radical (unpaired) electrons. The van der Waals surface area contributed by atoms with Gasteiger partial charge in [0.2, 0.25) is 0 Å². The molecule has 1 saturated heterocycles. The van der Waals surface area contributed by atoms with E-state index in [0.29, 0.717) is 11.3 Å². The van der Waals surface area contributed by atoms with E-state index in [9.17, 15) is 8.78 Å². The number of para-hydroxylation sites is 1. The molecule has 0 spiro atoms. The summed E-state index contributed by atoms with van der Waals surface area (Å²) in [6.07, 6.45) is -0.307. The van der Waals surface area contributed by atoms with E-state index < -0.39 is 12.2 Å². The Kier molecular flexibility index (Phi) is 4.17. The number of nitrogens with one attached hydrogen (secondary N) is 1. The van der Waals surface area contributed by atoms with E-state index >= 15 is 0 Å². The summed E-state index contributed by atoms with van der Waals surface area (Å²) in [7, 11) is 0. The van der Waals surface area contributed by atoms with Crippen LogP contribution < -0.4 is 10.2 Å². The van der Waals surface area contributed by atoms with Gasteiger partial charge in [-0.1, -0.05) is 18.2 Å². The van der Waals surface area contributed by atoms with Crippen molar-refractivity contribution in [2.45, 2.75) is 19.3 Å². The lowest BCUT2D eigenvalue weighted by Crippen LogP contribution is -2.17. The second kappa shape index (κ2) is 6.63. The van der Waals surface area contributed by atoms with Crippen LogP contribution in [0.15, 0.2) is 48.5 Å². The largest absolute Gasteiger partial charge is 0.371 e. The van der Waals surface area contributed by atoms with Crippen molar-refractivity contribution in [3.8, 4) is 0 Å². The minimum absolute atomic E-state index is 0.402. The van der Waals surface area contributed by atoms with Crippen LogP contribution in [0.5, 0.6) is 0 Å². The molecule has 25 heavy (non-hydrogen) atoms. The van der Waals surface area contributed by atoms with Gasteiger partial charge in [-0.2, -0.15) is 0 Å². The normalized spacial score (nSPS) is 14.4. The summed E-state index contributed by atoms with van der Waals surface area (Å²) >= 11 is 0. The summed E-state index contributed by atoms with van der Waals surface area (Å²) in [6.45, 7) is 2.10. The maximum Gasteiger partial charge on any atom is 0.297 e. The number of alkyl halides is 2. The lowest BCUT2D eigenvalue weighted by Gasteiger charge is -2.19. The Bertz CT molecular complexity index is 891. The number of aromatic nitrogens is 2. The molecule has 1 aromatic heterocycles. The van der Waals surface area contributed by atoms with E-state index in [-0.39, 0.29) is 0 Å². The van der Waals surface area contributed by atoms with Gasteiger partial charge in [-0.05, 0) is 43.2 Å². The molecule has 1 N–H and O–H groups in total. The summed E-state index contributed by atoms with van der Waals surface area (Å²) in [5.41, 5.74) is 2.47. The van der Waals surface area contributed by atoms with E-state index in [1.54, 1.807) is 12.1 Å². The fourth-order valence-corrected chi connectivity index (χ4v) is 3.18. The highest BCUT2D eigenvalue weighted by Crippen LogP contribution is 2.29. The van der Waals surface area contributed by atoms with Gasteiger partial charge in [0.25, 0.3) is 6.43 Å². The maximum absolute atomic E-state index is 13.1. The molecule has 0 unspecified atom stereocenters. The third-order valence-corrected chi connectivity index (χ3v) is 4.40. The molecule has 0 aliphatic carbocycles. The molecular weight excluding hydrogens is 322 g/mol. The van der Waals surface area contributed by atoms with Crippen LogP contribution in [-0.4, -0.2) is 23.1 Å². The predicted octanol–water partition coefficient (Wildman–Crippen LogP) is 4.91. The van der Waals surface area contributed by atoms with Crippen molar-refractivity contribution in [2.24, 2.45) is 0 Å². The van der Waals surface area contributed by atoms with Crippen LogP contribution in [0.25, 0.3) is 10.9 Å². The number of nitrogens with zero attached hydrogens (tertiary/aromatic N) is 3. The predicted molar refractivity (Wildman–Crippen MR) is 95.7 cm³/mol. The van der Waals surface area contributed by atoms with Crippen LogP contribution in [0, 0.1) is 0 Å². The maximum atomic E-state index is 13.1. The molecule has 4 rings (SSSR count). The SMILES string of the molecule is FC(F)c1nc(Nc2cccc(N3CCCC3)c2)c2ccccc2n1. The molecule has 2 aromatic carbocycles. The Morgan fingerprint density at radius 2 is 1.76 bits per heavy atom. The minimum atomic E-state index is -2.71. The molecule has 3 aromatic rings. The van der Waals surface area contributed by atoms with Crippen LogP contribution in [0.3, 0.4) is 0 Å². The highest BCUT2D eigenvalue weighted by Gasteiger charge is 2.16. The fourth-order valence-electron chi connectivity index (χ4n) is 3.18. The first-order valence-electron chi connectivity index (χ1n) is 8.37. The Morgan fingerprint density at radius 1 is 0.960 bits per heavy atom. The zero-order valence-corrected chi connectivity index (χ0v) is 13.6. The molecular formula is C19H18F2N4. The molecule has 4 nitrogen and oxygen atoms in total. The zero-order chi connectivity index (χ0) is 17.2. The topological polar surface area (TPSA) is 41.1 Å². The Hall–Kier alpha value is -2.76. The van der Waals surface area contributed by atoms with E-state index in [4.69, 9.17) is 0 Å². The van der Waals surface area contributed by atoms with Gasteiger partial charge in [-0.25, -0.2) is 18.7 Å². The number of hydrogen-bond donors (Lipinski definition) is 1. The number of anilines is 3. The summed E-state index contributed by atoms with van der Waals surface area (Å²) < 4.78 is 26.2. The Labute approximate surface area is 144 Å². The van der Waals surface area contributed by atoms with Gasteiger partial charge in [-0.15, -0.1) is 0 Å². The first kappa shape index (κ1) is 15.7. The number of fused-ring (bicyclic) bond motifs is 1. The molecule has 1 aliphatic heterocycles. The molecule has 6 heteroatoms. The highest BCUT2D eigenvalue weighted by atomic mass is 19.3. The highest BCUT2D eigenvalue weighted by molar-refractivity contribution is 5.91. The Morgan fingerprint density at radius 3 is 2.56 bits per heavy atom. The van der Waals surface area contributed by atoms with Crippen molar-refractivity contribution >= 4 is 28.1 Å². The van der Waals surface area contributed by atoms with Crippen LogP contribution in [0.2, 0.25) is 0 Å². The fraction of sp³-hybridized carbons (Fsp3) is 0.263. The van der Waals surface area contributed by atoms with Gasteiger partial charge < -0.3 is 10.2 Å². The van der Waals surface area contributed by atoms with Gasteiger partial charge in [0.15, 0.2) is 5.82 Å². The van der Waals surface area contributed by atoms with Gasteiger partial charge >= 0.3 is 0 Å². The van der Waals surface area contributed by atoms with Crippen molar-refractivity contribution < 1.29 is 8.78 Å². The smallest absolute Gasteiger partial charge is 0.297 e. The van der Waals surface area contributed by atoms with Crippen molar-refractivity contribution in [3.63, 3.8) is 0 Å². The number of benzene rings is 2. The Balaban J connectivity index is 1.71. The molecule has 0 atom stereocenters. The molecule has 1 aliphatic rings. The number of halogens is 2. The molecule has 0 amide bonds. The average Bonchev–Trinajstić information content (AvgIpc) is 3.16. The monoisotopic (exact) mass is 340 g/mol. The van der Waals surface area contributed by atoms with Crippen LogP contribution >= 0.6 is 0 Å². The zero-order valence-electron chi connectivity index (χ0n) is 13.6. The number of hydrogen-bond acceptors (Lipinski definition) is 4. The third-order valence-electron chi connectivity index (χ3n) is 4.40. The molecule has 0 saturated carbocycles. The molecule has 128 valence electrons. The second-order valence-electron chi connectivity index (χ2n) is 6.12. The summed E-state index contributed by atoms with van der Waals surface area (Å²) in [5, 5.41) is 3.92. The lowest BCUT2D eigenvalue weighted by molar-refractivity contribution is 0.141. The summed E-state index contributed by atoms with van der Waals surface area (Å²) in [6, 6.07) is 15.2. The van der Waals surface area contributed by atoms with E-state index in [2.05, 4.69) is 26.3 Å². The third kappa shape index (κ3) is 3.24. The van der Waals surface area contributed by atoms with Gasteiger partial charge in [0.1, 0.15) is 5.82 Å². The van der Waals surface area contributed by atoms with Gasteiger partial charge in [-0.3, -0.25) is 0 Å². The van der Waals surface area contributed by atoms with Crippen molar-refractivity contribution in [2.75, 3.05) is 23.3 Å². The first-order valence-corrected chi connectivity index (χ1v) is 8.37. The van der Waals surface area contributed by atoms with E-state index in [1.165, 1.54) is 12.8 Å². The second-order valence-corrected chi connectivity index (χ2v) is 6.12. The quantitative estimate of drug-likeness (QED) is 0.732. The van der Waals surface area contributed by atoms with Crippen LogP contribution in [0.4, 0.5) is 26.0 Å². The van der Waals surface area contributed by atoms with Crippen molar-refractivity contribution in [1.29, 1.82) is 0 Å². The summed E-state index contributed by atoms with van der Waals surface area (Å²) in [5.74, 6) is -0.0589. The van der Waals surface area contributed by atoms with Gasteiger partial charge in [0.05, 0.1) is 5.52 Å². The van der Waals surface area contributed by atoms with Crippen LogP contribution in [-0.2, 0) is 0 Å². The number of rotatable bonds is 4. The van der Waals surface area contributed by atoms with E-state index in [0.717, 1.165) is 29.9 Å². The minimum Gasteiger partial charge on any atom is -0.371 e. The molecule has 2 heterocycles.